The van der Waals surface area contributed by atoms with E-state index in [0.717, 1.165) is 76.1 Å². The normalized spacial score (nSPS) is 20.6. The molecule has 1 saturated carbocycles. The molecule has 3 unspecified atom stereocenters. The second kappa shape index (κ2) is 18.3. The molecule has 2 aliphatic carbocycles. The summed E-state index contributed by atoms with van der Waals surface area (Å²) < 4.78 is 5.73. The first-order chi connectivity index (χ1) is 19.8. The van der Waals surface area contributed by atoms with Crippen molar-refractivity contribution in [3.8, 4) is 12.8 Å². The van der Waals surface area contributed by atoms with Crippen LogP contribution in [-0.2, 0) is 14.3 Å². The number of Topliss-reactive ketones (excluding diaryl/α,β-unsaturated/α-hetero) is 1. The standard InChI is InChI=1S/C27H39N3O2.C6H10O.C2H2/c1-5-7-15-30(25-11-9-14-28-18-25)27(31)20-29(22(4)6-2)19-21(3)23-10-8-12-26-24(17-23)13-16-32-26;1-5-3-2-4-6(5)7;1-2/h8-12,14,17-18,21-23H,5-7,13,15-16,19-20H2,1-4H3;5H,2-4H2,1H3;1-2H/t21?,22-,23?;;/m1../s1. The lowest BCUT2D eigenvalue weighted by atomic mass is 9.90. The van der Waals surface area contributed by atoms with Crippen LogP contribution in [0.4, 0.5) is 5.69 Å². The lowest BCUT2D eigenvalue weighted by Gasteiger charge is -2.34. The Morgan fingerprint density at radius 3 is 2.59 bits per heavy atom. The Kier molecular flexibility index (Phi) is 15.2. The predicted molar refractivity (Wildman–Crippen MR) is 169 cm³/mol. The van der Waals surface area contributed by atoms with Gasteiger partial charge in [0.2, 0.25) is 5.91 Å². The molecular formula is C35H51N3O3. The minimum Gasteiger partial charge on any atom is -0.493 e. The third kappa shape index (κ3) is 10.6. The molecule has 1 aromatic heterocycles. The molecule has 2 fully saturated rings. The first-order valence-electron chi connectivity index (χ1n) is 15.4. The number of hydrogen-bond donors (Lipinski definition) is 0. The molecule has 1 amide bonds. The van der Waals surface area contributed by atoms with E-state index in [1.54, 1.807) is 12.4 Å². The summed E-state index contributed by atoms with van der Waals surface area (Å²) in [6, 6.07) is 4.22. The van der Waals surface area contributed by atoms with E-state index in [1.807, 2.05) is 24.0 Å². The quantitative estimate of drug-likeness (QED) is 0.273. The molecule has 0 bridgehead atoms. The number of allylic oxidation sites excluding steroid dienone is 5. The van der Waals surface area contributed by atoms with Gasteiger partial charge in [0, 0.05) is 44.1 Å². The number of carbonyl (C=O) groups is 2. The van der Waals surface area contributed by atoms with Crippen molar-refractivity contribution in [2.45, 2.75) is 85.6 Å². The van der Waals surface area contributed by atoms with Crippen LogP contribution in [0.5, 0.6) is 0 Å². The van der Waals surface area contributed by atoms with Crippen LogP contribution in [0.1, 0.15) is 79.6 Å². The van der Waals surface area contributed by atoms with Crippen molar-refractivity contribution in [1.82, 2.24) is 9.88 Å². The third-order valence-electron chi connectivity index (χ3n) is 8.26. The Bertz CT molecular complexity index is 1060. The number of ketones is 1. The summed E-state index contributed by atoms with van der Waals surface area (Å²) in [5.74, 6) is 2.75. The number of hydrogen-bond acceptors (Lipinski definition) is 5. The minimum absolute atomic E-state index is 0.154. The van der Waals surface area contributed by atoms with E-state index in [1.165, 1.54) is 5.57 Å². The van der Waals surface area contributed by atoms with Crippen molar-refractivity contribution in [3.63, 3.8) is 0 Å². The van der Waals surface area contributed by atoms with Crippen molar-refractivity contribution < 1.29 is 14.3 Å². The number of ether oxygens (including phenoxy) is 1. The van der Waals surface area contributed by atoms with Gasteiger partial charge in [0.15, 0.2) is 0 Å². The number of nitrogens with zero attached hydrogens (tertiary/aromatic N) is 3. The van der Waals surface area contributed by atoms with Gasteiger partial charge in [0.05, 0.1) is 25.0 Å². The molecule has 1 aromatic rings. The van der Waals surface area contributed by atoms with Crippen molar-refractivity contribution in [1.29, 1.82) is 0 Å². The average molecular weight is 562 g/mol. The number of amides is 1. The lowest BCUT2D eigenvalue weighted by molar-refractivity contribution is -0.121. The van der Waals surface area contributed by atoms with E-state index >= 15 is 0 Å². The summed E-state index contributed by atoms with van der Waals surface area (Å²) in [7, 11) is 0. The highest BCUT2D eigenvalue weighted by Gasteiger charge is 2.26. The molecule has 0 aromatic carbocycles. The molecule has 1 saturated heterocycles. The number of pyridine rings is 1. The summed E-state index contributed by atoms with van der Waals surface area (Å²) in [6.07, 6.45) is 27.5. The van der Waals surface area contributed by atoms with Crippen LogP contribution in [0.15, 0.2) is 60.2 Å². The summed E-state index contributed by atoms with van der Waals surface area (Å²) >= 11 is 0. The Hall–Kier alpha value is -3.17. The number of fused-ring (bicyclic) bond motifs is 1. The second-order valence-corrected chi connectivity index (χ2v) is 11.3. The van der Waals surface area contributed by atoms with Gasteiger partial charge in [-0.3, -0.25) is 19.5 Å². The Labute approximate surface area is 248 Å². The number of aromatic nitrogens is 1. The zero-order valence-corrected chi connectivity index (χ0v) is 25.9. The Morgan fingerprint density at radius 2 is 2.00 bits per heavy atom. The SMILES string of the molecule is C#C.CC1CCCC1=O.CCCCN(C(=O)CN(CC(C)C1C=CC=C2OCCC2=C1)[C@H](C)CC)c1cccnc1. The fraction of sp³-hybridized carbons (Fsp3) is 0.571. The van der Waals surface area contributed by atoms with Gasteiger partial charge in [-0.2, -0.15) is 0 Å². The molecule has 4 atom stereocenters. The highest BCUT2D eigenvalue weighted by atomic mass is 16.5. The molecule has 6 heteroatoms. The van der Waals surface area contributed by atoms with Gasteiger partial charge >= 0.3 is 0 Å². The van der Waals surface area contributed by atoms with Crippen LogP contribution in [0.25, 0.3) is 0 Å². The van der Waals surface area contributed by atoms with E-state index in [4.69, 9.17) is 4.74 Å². The highest BCUT2D eigenvalue weighted by molar-refractivity contribution is 5.94. The molecule has 2 heterocycles. The van der Waals surface area contributed by atoms with E-state index < -0.39 is 0 Å². The second-order valence-electron chi connectivity index (χ2n) is 11.3. The highest BCUT2D eigenvalue weighted by Crippen LogP contribution is 2.31. The third-order valence-corrected chi connectivity index (χ3v) is 8.26. The number of rotatable bonds is 11. The predicted octanol–water partition coefficient (Wildman–Crippen LogP) is 6.99. The summed E-state index contributed by atoms with van der Waals surface area (Å²) in [5, 5.41) is 0. The van der Waals surface area contributed by atoms with Crippen LogP contribution >= 0.6 is 0 Å². The van der Waals surface area contributed by atoms with Crippen LogP contribution in [0, 0.1) is 30.6 Å². The van der Waals surface area contributed by atoms with Crippen LogP contribution in [0.2, 0.25) is 0 Å². The number of unbranched alkanes of at least 4 members (excludes halogenated alkanes) is 1. The molecule has 4 rings (SSSR count). The van der Waals surface area contributed by atoms with E-state index in [-0.39, 0.29) is 5.91 Å². The zero-order chi connectivity index (χ0) is 30.2. The van der Waals surface area contributed by atoms with Gasteiger partial charge < -0.3 is 9.64 Å². The molecule has 3 aliphatic rings. The van der Waals surface area contributed by atoms with Gasteiger partial charge in [-0.15, -0.1) is 12.8 Å². The van der Waals surface area contributed by atoms with Crippen molar-refractivity contribution in [3.05, 3.63) is 60.2 Å². The average Bonchev–Trinajstić information content (AvgIpc) is 3.54. The number of carbonyl (C=O) groups excluding carboxylic acids is 2. The van der Waals surface area contributed by atoms with E-state index in [9.17, 15) is 9.59 Å². The summed E-state index contributed by atoms with van der Waals surface area (Å²) in [4.78, 5) is 32.5. The van der Waals surface area contributed by atoms with Gasteiger partial charge in [0.1, 0.15) is 11.5 Å². The first kappa shape index (κ1) is 34.0. The van der Waals surface area contributed by atoms with Gasteiger partial charge in [-0.25, -0.2) is 0 Å². The smallest absolute Gasteiger partial charge is 0.241 e. The van der Waals surface area contributed by atoms with Crippen molar-refractivity contribution in [2.24, 2.45) is 17.8 Å². The number of terminal acetylenes is 1. The van der Waals surface area contributed by atoms with Gasteiger partial charge in [-0.05, 0) is 68.2 Å². The van der Waals surface area contributed by atoms with Crippen LogP contribution < -0.4 is 4.90 Å². The fourth-order valence-electron chi connectivity index (χ4n) is 5.35. The molecule has 0 N–H and O–H groups in total. The Balaban J connectivity index is 0.000000561. The summed E-state index contributed by atoms with van der Waals surface area (Å²) in [6.45, 7) is 13.7. The van der Waals surface area contributed by atoms with Crippen LogP contribution in [0.3, 0.4) is 0 Å². The van der Waals surface area contributed by atoms with Gasteiger partial charge in [-0.1, -0.05) is 52.3 Å². The molecule has 41 heavy (non-hydrogen) atoms. The largest absolute Gasteiger partial charge is 0.493 e. The van der Waals surface area contributed by atoms with Gasteiger partial charge in [0.25, 0.3) is 0 Å². The lowest BCUT2D eigenvalue weighted by Crippen LogP contribution is -2.46. The molecule has 1 aliphatic heterocycles. The minimum atomic E-state index is 0.154. The zero-order valence-electron chi connectivity index (χ0n) is 25.9. The van der Waals surface area contributed by atoms with E-state index in [2.05, 4.69) is 74.7 Å². The maximum Gasteiger partial charge on any atom is 0.241 e. The Morgan fingerprint density at radius 1 is 1.22 bits per heavy atom. The molecule has 0 spiro atoms. The van der Waals surface area contributed by atoms with Crippen molar-refractivity contribution >= 4 is 17.4 Å². The molecule has 0 radical (unpaired) electrons. The summed E-state index contributed by atoms with van der Waals surface area (Å²) in [5.41, 5.74) is 2.21. The maximum absolute atomic E-state index is 13.4. The van der Waals surface area contributed by atoms with E-state index in [0.29, 0.717) is 36.1 Å². The monoisotopic (exact) mass is 561 g/mol. The number of anilines is 1. The topological polar surface area (TPSA) is 62.7 Å². The molecular weight excluding hydrogens is 510 g/mol. The fourth-order valence-corrected chi connectivity index (χ4v) is 5.35. The molecule has 224 valence electrons. The molecule has 6 nitrogen and oxygen atoms in total. The first-order valence-corrected chi connectivity index (χ1v) is 15.4. The van der Waals surface area contributed by atoms with Crippen LogP contribution in [-0.4, -0.2) is 53.9 Å². The van der Waals surface area contributed by atoms with Crippen molar-refractivity contribution in [2.75, 3.05) is 31.1 Å². The maximum atomic E-state index is 13.4.